The van der Waals surface area contributed by atoms with E-state index in [9.17, 15) is 9.18 Å². The van der Waals surface area contributed by atoms with E-state index in [4.69, 9.17) is 10.00 Å². The van der Waals surface area contributed by atoms with Crippen LogP contribution in [-0.2, 0) is 17.8 Å². The quantitative estimate of drug-likeness (QED) is 0.659. The van der Waals surface area contributed by atoms with Gasteiger partial charge in [0.05, 0.1) is 11.1 Å². The molecule has 3 aliphatic heterocycles. The zero-order chi connectivity index (χ0) is 23.0. The van der Waals surface area contributed by atoms with Gasteiger partial charge in [0.1, 0.15) is 12.7 Å². The molecule has 0 unspecified atom stereocenters. The molecule has 1 aromatic carbocycles. The molecule has 3 aliphatic rings. The lowest BCUT2D eigenvalue weighted by Gasteiger charge is -2.47. The molecule has 0 saturated carbocycles. The molecule has 5 rings (SSSR count). The van der Waals surface area contributed by atoms with Crippen LogP contribution in [0.4, 0.5) is 10.2 Å². The van der Waals surface area contributed by atoms with Crippen LogP contribution in [0.5, 0.6) is 0 Å². The number of nitriles is 1. The average Bonchev–Trinajstić information content (AvgIpc) is 3.22. The van der Waals surface area contributed by atoms with E-state index in [0.29, 0.717) is 17.8 Å². The van der Waals surface area contributed by atoms with Crippen molar-refractivity contribution in [2.45, 2.75) is 45.6 Å². The van der Waals surface area contributed by atoms with Crippen LogP contribution in [0.2, 0.25) is 0 Å². The molecule has 0 atom stereocenters. The summed E-state index contributed by atoms with van der Waals surface area (Å²) < 4.78 is 19.5. The van der Waals surface area contributed by atoms with Gasteiger partial charge >= 0.3 is 5.97 Å². The predicted octanol–water partition coefficient (Wildman–Crippen LogP) is 4.00. The number of piperidine rings is 2. The molecule has 33 heavy (non-hydrogen) atoms. The number of nitrogens with zero attached hydrogens (tertiary/aromatic N) is 4. The highest BCUT2D eigenvalue weighted by molar-refractivity contribution is 5.93. The second-order valence-corrected chi connectivity index (χ2v) is 9.67. The van der Waals surface area contributed by atoms with Crippen LogP contribution in [0.15, 0.2) is 24.4 Å². The number of hydrogen-bond donors (Lipinski definition) is 0. The first-order chi connectivity index (χ1) is 16.0. The summed E-state index contributed by atoms with van der Waals surface area (Å²) in [5.74, 6) is -0.236. The van der Waals surface area contributed by atoms with Crippen molar-refractivity contribution in [2.75, 3.05) is 37.6 Å². The largest absolute Gasteiger partial charge is 0.457 e. The molecule has 0 aliphatic carbocycles. The lowest BCUT2D eigenvalue weighted by Crippen LogP contribution is -2.47. The number of ether oxygens (including phenoxy) is 1. The Morgan fingerprint density at radius 2 is 1.91 bits per heavy atom. The van der Waals surface area contributed by atoms with Crippen molar-refractivity contribution in [1.29, 1.82) is 5.26 Å². The van der Waals surface area contributed by atoms with Crippen LogP contribution in [0.25, 0.3) is 0 Å². The molecule has 0 N–H and O–H groups in total. The van der Waals surface area contributed by atoms with Crippen LogP contribution in [-0.4, -0.2) is 48.6 Å². The second-order valence-electron chi connectivity index (χ2n) is 9.67. The average molecular weight is 449 g/mol. The number of aromatic nitrogens is 1. The molecule has 2 saturated heterocycles. The third-order valence-electron chi connectivity index (χ3n) is 7.97. The van der Waals surface area contributed by atoms with Gasteiger partial charge in [-0.1, -0.05) is 6.07 Å². The molecule has 0 bridgehead atoms. The second kappa shape index (κ2) is 8.75. The van der Waals surface area contributed by atoms with Crippen LogP contribution < -0.4 is 4.90 Å². The molecule has 172 valence electrons. The van der Waals surface area contributed by atoms with Crippen molar-refractivity contribution in [3.8, 4) is 6.07 Å². The Bertz CT molecular complexity index is 1110. The van der Waals surface area contributed by atoms with E-state index in [0.717, 1.165) is 63.1 Å². The SMILES string of the molecule is Cc1c(CCN2CCC3(CC2)CCN(c2ncc(C#N)cc2F)CC3)ccc2c1COC2=O. The molecule has 6 nitrogen and oxygen atoms in total. The van der Waals surface area contributed by atoms with E-state index in [-0.39, 0.29) is 11.5 Å². The fourth-order valence-corrected chi connectivity index (χ4v) is 5.62. The summed E-state index contributed by atoms with van der Waals surface area (Å²) in [6.45, 7) is 7.33. The maximum absolute atomic E-state index is 14.4. The number of pyridine rings is 1. The number of fused-ring (bicyclic) bond motifs is 1. The fourth-order valence-electron chi connectivity index (χ4n) is 5.62. The number of hydrogen-bond acceptors (Lipinski definition) is 6. The summed E-state index contributed by atoms with van der Waals surface area (Å²) in [7, 11) is 0. The van der Waals surface area contributed by atoms with Gasteiger partial charge in [-0.15, -0.1) is 0 Å². The number of carbonyl (C=O) groups is 1. The summed E-state index contributed by atoms with van der Waals surface area (Å²) in [5, 5.41) is 8.92. The van der Waals surface area contributed by atoms with Crippen molar-refractivity contribution in [2.24, 2.45) is 5.41 Å². The minimum Gasteiger partial charge on any atom is -0.457 e. The molecule has 2 fully saturated rings. The van der Waals surface area contributed by atoms with Gasteiger partial charge in [-0.3, -0.25) is 0 Å². The highest BCUT2D eigenvalue weighted by Crippen LogP contribution is 2.42. The number of carbonyl (C=O) groups excluding carboxylic acids is 1. The first-order valence-corrected chi connectivity index (χ1v) is 11.8. The molecule has 2 aromatic rings. The Kier molecular flexibility index (Phi) is 5.79. The van der Waals surface area contributed by atoms with Gasteiger partial charge in [0.2, 0.25) is 0 Å². The number of cyclic esters (lactones) is 1. The maximum atomic E-state index is 14.4. The van der Waals surface area contributed by atoms with Gasteiger partial charge in [-0.05, 0) is 80.8 Å². The van der Waals surface area contributed by atoms with Gasteiger partial charge in [0.15, 0.2) is 11.6 Å². The van der Waals surface area contributed by atoms with E-state index >= 15 is 0 Å². The summed E-state index contributed by atoms with van der Waals surface area (Å²) >= 11 is 0. The molecule has 0 radical (unpaired) electrons. The van der Waals surface area contributed by atoms with Gasteiger partial charge in [-0.25, -0.2) is 14.2 Å². The van der Waals surface area contributed by atoms with Crippen LogP contribution in [0.1, 0.15) is 58.3 Å². The summed E-state index contributed by atoms with van der Waals surface area (Å²) in [4.78, 5) is 20.5. The maximum Gasteiger partial charge on any atom is 0.338 e. The first-order valence-electron chi connectivity index (χ1n) is 11.8. The zero-order valence-electron chi connectivity index (χ0n) is 19.1. The highest BCUT2D eigenvalue weighted by atomic mass is 19.1. The minimum atomic E-state index is -0.405. The standard InChI is InChI=1S/C26H29FN4O2/c1-18-20(2-3-21-22(18)17-33-25(21)32)4-9-30-10-5-26(6-11-30)7-12-31(13-8-26)24-23(27)14-19(15-28)16-29-24/h2-3,14,16H,4-13,17H2,1H3. The molecular formula is C26H29FN4O2. The highest BCUT2D eigenvalue weighted by Gasteiger charge is 2.38. The number of halogens is 1. The predicted molar refractivity (Wildman–Crippen MR) is 122 cm³/mol. The number of benzene rings is 1. The molecule has 1 aromatic heterocycles. The van der Waals surface area contributed by atoms with Gasteiger partial charge < -0.3 is 14.5 Å². The lowest BCUT2D eigenvalue weighted by molar-refractivity contribution is 0.0535. The van der Waals surface area contributed by atoms with Crippen molar-refractivity contribution in [1.82, 2.24) is 9.88 Å². The van der Waals surface area contributed by atoms with E-state index in [2.05, 4.69) is 22.9 Å². The normalized spacial score (nSPS) is 19.9. The Morgan fingerprint density at radius 1 is 1.18 bits per heavy atom. The van der Waals surface area contributed by atoms with Gasteiger partial charge in [-0.2, -0.15) is 5.26 Å². The zero-order valence-corrected chi connectivity index (χ0v) is 19.1. The molecule has 1 spiro atoms. The molecule has 0 amide bonds. The number of rotatable bonds is 4. The van der Waals surface area contributed by atoms with Crippen LogP contribution in [0, 0.1) is 29.5 Å². The molecule has 7 heteroatoms. The Hall–Kier alpha value is -2.98. The summed E-state index contributed by atoms with van der Waals surface area (Å²) in [6.07, 6.45) is 6.90. The third kappa shape index (κ3) is 4.20. The fraction of sp³-hybridized carbons (Fsp3) is 0.500. The van der Waals surface area contributed by atoms with E-state index in [1.54, 1.807) is 0 Å². The Labute approximate surface area is 194 Å². The summed E-state index contributed by atoms with van der Waals surface area (Å²) in [5.41, 5.74) is 4.88. The van der Waals surface area contributed by atoms with Crippen molar-refractivity contribution in [3.63, 3.8) is 0 Å². The number of likely N-dealkylation sites (tertiary alicyclic amines) is 1. The molecule has 4 heterocycles. The van der Waals surface area contributed by atoms with Crippen LogP contribution >= 0.6 is 0 Å². The molecular weight excluding hydrogens is 419 g/mol. The lowest BCUT2D eigenvalue weighted by atomic mass is 9.71. The van der Waals surface area contributed by atoms with E-state index in [1.807, 2.05) is 17.0 Å². The monoisotopic (exact) mass is 448 g/mol. The van der Waals surface area contributed by atoms with Crippen molar-refractivity contribution in [3.05, 3.63) is 58.0 Å². The first kappa shape index (κ1) is 21.8. The Morgan fingerprint density at radius 3 is 2.61 bits per heavy atom. The smallest absolute Gasteiger partial charge is 0.338 e. The number of esters is 1. The van der Waals surface area contributed by atoms with Gasteiger partial charge in [0.25, 0.3) is 0 Å². The van der Waals surface area contributed by atoms with E-state index < -0.39 is 5.82 Å². The van der Waals surface area contributed by atoms with Crippen molar-refractivity contribution >= 4 is 11.8 Å². The van der Waals surface area contributed by atoms with E-state index in [1.165, 1.54) is 36.2 Å². The summed E-state index contributed by atoms with van der Waals surface area (Å²) in [6, 6.07) is 7.21. The van der Waals surface area contributed by atoms with Gasteiger partial charge in [0, 0.05) is 31.4 Å². The third-order valence-corrected chi connectivity index (χ3v) is 7.97. The van der Waals surface area contributed by atoms with Crippen molar-refractivity contribution < 1.29 is 13.9 Å². The Balaban J connectivity index is 1.13. The topological polar surface area (TPSA) is 69.5 Å². The number of anilines is 1. The van der Waals surface area contributed by atoms with Crippen LogP contribution in [0.3, 0.4) is 0 Å². The minimum absolute atomic E-state index is 0.204.